The van der Waals surface area contributed by atoms with Crippen molar-refractivity contribution < 1.29 is 4.79 Å². The van der Waals surface area contributed by atoms with Gasteiger partial charge in [-0.2, -0.15) is 0 Å². The van der Waals surface area contributed by atoms with Crippen molar-refractivity contribution in [3.05, 3.63) is 48.8 Å². The summed E-state index contributed by atoms with van der Waals surface area (Å²) in [4.78, 5) is 24.0. The molecule has 1 saturated carbocycles. The van der Waals surface area contributed by atoms with Gasteiger partial charge in [0.25, 0.3) is 0 Å². The van der Waals surface area contributed by atoms with E-state index in [2.05, 4.69) is 31.4 Å². The highest BCUT2D eigenvalue weighted by Gasteiger charge is 2.29. The van der Waals surface area contributed by atoms with Crippen molar-refractivity contribution in [1.82, 2.24) is 24.0 Å². The highest BCUT2D eigenvalue weighted by atomic mass is 16.2. The fourth-order valence-corrected chi connectivity index (χ4v) is 4.39. The van der Waals surface area contributed by atoms with E-state index in [0.29, 0.717) is 18.9 Å². The maximum Gasteiger partial charge on any atom is 0.224 e. The minimum absolute atomic E-state index is 0.239. The molecule has 1 aliphatic heterocycles. The summed E-state index contributed by atoms with van der Waals surface area (Å²) in [7, 11) is 0. The molecule has 0 spiro atoms. The van der Waals surface area contributed by atoms with E-state index >= 15 is 0 Å². The van der Waals surface area contributed by atoms with Crippen molar-refractivity contribution in [3.63, 3.8) is 0 Å². The molecule has 6 heteroatoms. The number of piperidine rings is 1. The smallest absolute Gasteiger partial charge is 0.224 e. The van der Waals surface area contributed by atoms with Crippen LogP contribution in [0.15, 0.2) is 43.0 Å². The van der Waals surface area contributed by atoms with E-state index in [0.717, 1.165) is 49.4 Å². The van der Waals surface area contributed by atoms with Gasteiger partial charge in [-0.1, -0.05) is 12.1 Å². The second kappa shape index (κ2) is 7.41. The zero-order valence-corrected chi connectivity index (χ0v) is 16.2. The summed E-state index contributed by atoms with van der Waals surface area (Å²) in [5.41, 5.74) is 2.07. The molecule has 3 heterocycles. The van der Waals surface area contributed by atoms with Crippen LogP contribution in [0, 0.1) is 5.92 Å². The molecular weight excluding hydrogens is 350 g/mol. The summed E-state index contributed by atoms with van der Waals surface area (Å²) in [6.45, 7) is 3.43. The fourth-order valence-electron chi connectivity index (χ4n) is 4.39. The Morgan fingerprint density at radius 3 is 2.89 bits per heavy atom. The van der Waals surface area contributed by atoms with E-state index in [1.807, 2.05) is 35.6 Å². The molecule has 5 rings (SSSR count). The van der Waals surface area contributed by atoms with Gasteiger partial charge in [0.1, 0.15) is 5.82 Å². The zero-order valence-electron chi connectivity index (χ0n) is 16.2. The van der Waals surface area contributed by atoms with Crippen molar-refractivity contribution in [3.8, 4) is 0 Å². The Morgan fingerprint density at radius 1 is 1.11 bits per heavy atom. The number of carbonyl (C=O) groups excluding carboxylic acids is 1. The number of fused-ring (bicyclic) bond motifs is 1. The number of amides is 1. The summed E-state index contributed by atoms with van der Waals surface area (Å²) < 4.78 is 4.41. The van der Waals surface area contributed by atoms with Gasteiger partial charge in [-0.3, -0.25) is 4.79 Å². The third-order valence-electron chi connectivity index (χ3n) is 6.13. The van der Waals surface area contributed by atoms with E-state index < -0.39 is 0 Å². The number of rotatable bonds is 6. The lowest BCUT2D eigenvalue weighted by atomic mass is 9.96. The predicted octanol–water partition coefficient (Wildman–Crippen LogP) is 3.44. The van der Waals surface area contributed by atoms with Gasteiger partial charge in [-0.15, -0.1) is 0 Å². The molecule has 0 N–H and O–H groups in total. The molecule has 0 radical (unpaired) electrons. The predicted molar refractivity (Wildman–Crippen MR) is 108 cm³/mol. The van der Waals surface area contributed by atoms with Gasteiger partial charge in [-0.05, 0) is 43.7 Å². The van der Waals surface area contributed by atoms with Crippen molar-refractivity contribution in [2.24, 2.45) is 5.92 Å². The number of aromatic nitrogens is 4. The zero-order chi connectivity index (χ0) is 18.9. The van der Waals surface area contributed by atoms with Crippen molar-refractivity contribution in [2.45, 2.75) is 51.1 Å². The van der Waals surface area contributed by atoms with Crippen LogP contribution in [0.25, 0.3) is 11.0 Å². The molecule has 0 bridgehead atoms. The van der Waals surface area contributed by atoms with Crippen molar-refractivity contribution in [1.29, 1.82) is 0 Å². The lowest BCUT2D eigenvalue weighted by Crippen LogP contribution is -2.40. The number of imidazole rings is 2. The molecule has 2 aliphatic rings. The Hall–Kier alpha value is -2.63. The van der Waals surface area contributed by atoms with Crippen LogP contribution in [-0.2, 0) is 17.9 Å². The molecule has 1 unspecified atom stereocenters. The molecule has 1 atom stereocenters. The number of aryl methyl sites for hydroxylation is 1. The molecule has 2 fully saturated rings. The largest absolute Gasteiger partial charge is 0.342 e. The molecule has 2 aromatic heterocycles. The van der Waals surface area contributed by atoms with E-state index in [-0.39, 0.29) is 5.91 Å². The number of hydrogen-bond acceptors (Lipinski definition) is 3. The van der Waals surface area contributed by atoms with Gasteiger partial charge in [-0.25, -0.2) is 9.97 Å². The SMILES string of the molecule is O=C(CCn1cnc2ccccc21)N1CCCC(c2nccn2CC2CC2)C1. The minimum atomic E-state index is 0.239. The Kier molecular flexibility index (Phi) is 4.63. The number of benzene rings is 1. The number of nitrogens with zero attached hydrogens (tertiary/aromatic N) is 5. The highest BCUT2D eigenvalue weighted by Crippen LogP contribution is 2.33. The Labute approximate surface area is 165 Å². The summed E-state index contributed by atoms with van der Waals surface area (Å²) in [6.07, 6.45) is 11.3. The van der Waals surface area contributed by atoms with Gasteiger partial charge < -0.3 is 14.0 Å². The highest BCUT2D eigenvalue weighted by molar-refractivity contribution is 5.77. The average molecular weight is 377 g/mol. The minimum Gasteiger partial charge on any atom is -0.342 e. The van der Waals surface area contributed by atoms with E-state index in [1.54, 1.807) is 0 Å². The third-order valence-corrected chi connectivity index (χ3v) is 6.13. The molecule has 1 aromatic carbocycles. The maximum atomic E-state index is 12.9. The first-order valence-corrected chi connectivity index (χ1v) is 10.5. The van der Waals surface area contributed by atoms with Crippen molar-refractivity contribution in [2.75, 3.05) is 13.1 Å². The first kappa shape index (κ1) is 17.5. The molecule has 6 nitrogen and oxygen atoms in total. The van der Waals surface area contributed by atoms with Crippen LogP contribution in [0.3, 0.4) is 0 Å². The second-order valence-electron chi connectivity index (χ2n) is 8.24. The Balaban J connectivity index is 1.22. The topological polar surface area (TPSA) is 56.0 Å². The normalized spacial score (nSPS) is 20.0. The molecule has 28 heavy (non-hydrogen) atoms. The third kappa shape index (κ3) is 3.55. The van der Waals surface area contributed by atoms with Gasteiger partial charge in [0.05, 0.1) is 17.4 Å². The molecule has 1 amide bonds. The number of carbonyl (C=O) groups is 1. The lowest BCUT2D eigenvalue weighted by molar-refractivity contribution is -0.132. The van der Waals surface area contributed by atoms with Gasteiger partial charge >= 0.3 is 0 Å². The second-order valence-corrected chi connectivity index (χ2v) is 8.24. The Bertz CT molecular complexity index is 970. The molecular formula is C22H27N5O. The number of likely N-dealkylation sites (tertiary alicyclic amines) is 1. The summed E-state index contributed by atoms with van der Waals surface area (Å²) in [5.74, 6) is 2.60. The maximum absolute atomic E-state index is 12.9. The van der Waals surface area contributed by atoms with E-state index in [1.165, 1.54) is 18.7 Å². The van der Waals surface area contributed by atoms with Gasteiger partial charge in [0, 0.05) is 50.9 Å². The van der Waals surface area contributed by atoms with Crippen molar-refractivity contribution >= 4 is 16.9 Å². The lowest BCUT2D eigenvalue weighted by Gasteiger charge is -2.33. The van der Waals surface area contributed by atoms with Gasteiger partial charge in [0.15, 0.2) is 0 Å². The Morgan fingerprint density at radius 2 is 2.00 bits per heavy atom. The number of para-hydroxylation sites is 2. The van der Waals surface area contributed by atoms with Gasteiger partial charge in [0.2, 0.25) is 5.91 Å². The van der Waals surface area contributed by atoms with Crippen LogP contribution >= 0.6 is 0 Å². The van der Waals surface area contributed by atoms with E-state index in [4.69, 9.17) is 0 Å². The monoisotopic (exact) mass is 377 g/mol. The van der Waals surface area contributed by atoms with Crippen LogP contribution < -0.4 is 0 Å². The van der Waals surface area contributed by atoms with Crippen LogP contribution in [-0.4, -0.2) is 43.0 Å². The number of hydrogen-bond donors (Lipinski definition) is 0. The fraction of sp³-hybridized carbons (Fsp3) is 0.500. The first-order chi connectivity index (χ1) is 13.8. The van der Waals surface area contributed by atoms with Crippen LogP contribution in [0.1, 0.15) is 43.8 Å². The van der Waals surface area contributed by atoms with Crippen LogP contribution in [0.5, 0.6) is 0 Å². The molecule has 3 aromatic rings. The standard InChI is InChI=1S/C22H27N5O/c28-21(9-12-27-16-24-19-5-1-2-6-20(19)27)25-11-3-4-18(15-25)22-23-10-13-26(22)14-17-7-8-17/h1-2,5-6,10,13,16-18H,3-4,7-9,11-12,14-15H2. The summed E-state index contributed by atoms with van der Waals surface area (Å²) in [5, 5.41) is 0. The van der Waals surface area contributed by atoms with Crippen LogP contribution in [0.4, 0.5) is 0 Å². The van der Waals surface area contributed by atoms with Crippen LogP contribution in [0.2, 0.25) is 0 Å². The molecule has 146 valence electrons. The quantitative estimate of drug-likeness (QED) is 0.661. The average Bonchev–Trinajstić information content (AvgIpc) is 3.26. The summed E-state index contributed by atoms with van der Waals surface area (Å²) >= 11 is 0. The van der Waals surface area contributed by atoms with E-state index in [9.17, 15) is 4.79 Å². The molecule has 1 aliphatic carbocycles. The summed E-state index contributed by atoms with van der Waals surface area (Å²) in [6, 6.07) is 8.07. The first-order valence-electron chi connectivity index (χ1n) is 10.5. The molecule has 1 saturated heterocycles.